The van der Waals surface area contributed by atoms with E-state index in [1.54, 1.807) is 0 Å². The molecule has 3 aromatic rings. The van der Waals surface area contributed by atoms with E-state index in [0.29, 0.717) is 4.88 Å². The zero-order chi connectivity index (χ0) is 13.2. The van der Waals surface area contributed by atoms with Gasteiger partial charge in [0.05, 0.1) is 0 Å². The summed E-state index contributed by atoms with van der Waals surface area (Å²) in [5, 5.41) is 7.02. The van der Waals surface area contributed by atoms with Crippen LogP contribution < -0.4 is 5.32 Å². The first-order chi connectivity index (χ1) is 9.25. The molecule has 0 aliphatic carbocycles. The van der Waals surface area contributed by atoms with Crippen LogP contribution in [-0.2, 0) is 0 Å². The SMILES string of the molecule is O=C(Nc1cccc2ccccc12)c1sccc1Br. The van der Waals surface area contributed by atoms with Crippen molar-refractivity contribution in [2.24, 2.45) is 0 Å². The molecule has 1 heterocycles. The van der Waals surface area contributed by atoms with Crippen LogP contribution in [0.2, 0.25) is 0 Å². The molecule has 0 saturated heterocycles. The molecule has 2 aromatic carbocycles. The highest BCUT2D eigenvalue weighted by atomic mass is 79.9. The van der Waals surface area contributed by atoms with E-state index in [0.717, 1.165) is 20.9 Å². The fourth-order valence-electron chi connectivity index (χ4n) is 1.97. The Labute approximate surface area is 123 Å². The van der Waals surface area contributed by atoms with Crippen molar-refractivity contribution in [3.8, 4) is 0 Å². The third-order valence-electron chi connectivity index (χ3n) is 2.86. The topological polar surface area (TPSA) is 29.1 Å². The fourth-order valence-corrected chi connectivity index (χ4v) is 3.42. The van der Waals surface area contributed by atoms with Gasteiger partial charge in [-0.15, -0.1) is 11.3 Å². The number of carbonyl (C=O) groups is 1. The first kappa shape index (κ1) is 12.4. The van der Waals surface area contributed by atoms with Gasteiger partial charge < -0.3 is 5.32 Å². The summed E-state index contributed by atoms with van der Waals surface area (Å²) in [6, 6.07) is 15.8. The van der Waals surface area contributed by atoms with Crippen molar-refractivity contribution in [3.05, 3.63) is 63.3 Å². The molecule has 19 heavy (non-hydrogen) atoms. The van der Waals surface area contributed by atoms with Crippen LogP contribution in [0.4, 0.5) is 5.69 Å². The Morgan fingerprint density at radius 3 is 2.63 bits per heavy atom. The molecular formula is C15H10BrNOS. The number of anilines is 1. The van der Waals surface area contributed by atoms with Crippen LogP contribution in [0.3, 0.4) is 0 Å². The molecule has 4 heteroatoms. The zero-order valence-corrected chi connectivity index (χ0v) is 12.3. The highest BCUT2D eigenvalue weighted by Gasteiger charge is 2.12. The third kappa shape index (κ3) is 2.41. The van der Waals surface area contributed by atoms with Crippen LogP contribution in [0, 0.1) is 0 Å². The normalized spacial score (nSPS) is 10.6. The van der Waals surface area contributed by atoms with Crippen LogP contribution >= 0.6 is 27.3 Å². The first-order valence-electron chi connectivity index (χ1n) is 5.78. The van der Waals surface area contributed by atoms with Crippen molar-refractivity contribution in [1.82, 2.24) is 0 Å². The number of rotatable bonds is 2. The summed E-state index contributed by atoms with van der Waals surface area (Å²) in [7, 11) is 0. The second-order valence-corrected chi connectivity index (χ2v) is 5.85. The number of amides is 1. The Morgan fingerprint density at radius 1 is 1.05 bits per heavy atom. The van der Waals surface area contributed by atoms with E-state index in [4.69, 9.17) is 0 Å². The minimum Gasteiger partial charge on any atom is -0.321 e. The fraction of sp³-hybridized carbons (Fsp3) is 0. The molecule has 0 spiro atoms. The van der Waals surface area contributed by atoms with Gasteiger partial charge in [0.1, 0.15) is 4.88 Å². The minimum atomic E-state index is -0.0850. The summed E-state index contributed by atoms with van der Waals surface area (Å²) in [6.45, 7) is 0. The molecule has 0 atom stereocenters. The van der Waals surface area contributed by atoms with Gasteiger partial charge in [-0.25, -0.2) is 0 Å². The number of hydrogen-bond donors (Lipinski definition) is 1. The van der Waals surface area contributed by atoms with Crippen LogP contribution in [0.5, 0.6) is 0 Å². The van der Waals surface area contributed by atoms with Crippen molar-refractivity contribution in [3.63, 3.8) is 0 Å². The molecule has 1 N–H and O–H groups in total. The first-order valence-corrected chi connectivity index (χ1v) is 7.45. The van der Waals surface area contributed by atoms with Crippen LogP contribution in [-0.4, -0.2) is 5.91 Å². The summed E-state index contributed by atoms with van der Waals surface area (Å²) >= 11 is 4.80. The summed E-state index contributed by atoms with van der Waals surface area (Å²) in [6.07, 6.45) is 0. The average molecular weight is 332 g/mol. The van der Waals surface area contributed by atoms with Crippen molar-refractivity contribution < 1.29 is 4.79 Å². The van der Waals surface area contributed by atoms with Crippen molar-refractivity contribution >= 4 is 49.6 Å². The molecule has 0 aliphatic rings. The predicted molar refractivity (Wildman–Crippen MR) is 83.9 cm³/mol. The summed E-state index contributed by atoms with van der Waals surface area (Å²) in [5.74, 6) is -0.0850. The number of carbonyl (C=O) groups excluding carboxylic acids is 1. The molecule has 3 rings (SSSR count). The van der Waals surface area contributed by atoms with Crippen LogP contribution in [0.25, 0.3) is 10.8 Å². The van der Waals surface area contributed by atoms with Crippen LogP contribution in [0.15, 0.2) is 58.4 Å². The monoisotopic (exact) mass is 331 g/mol. The van der Waals surface area contributed by atoms with E-state index in [-0.39, 0.29) is 5.91 Å². The van der Waals surface area contributed by atoms with Gasteiger partial charge in [-0.3, -0.25) is 4.79 Å². The molecule has 94 valence electrons. The quantitative estimate of drug-likeness (QED) is 0.709. The lowest BCUT2D eigenvalue weighted by molar-refractivity contribution is 0.103. The number of nitrogens with one attached hydrogen (secondary N) is 1. The lowest BCUT2D eigenvalue weighted by atomic mass is 10.1. The molecule has 1 amide bonds. The number of thiophene rings is 1. The van der Waals surface area contributed by atoms with Gasteiger partial charge in [0.2, 0.25) is 0 Å². The van der Waals surface area contributed by atoms with E-state index < -0.39 is 0 Å². The maximum atomic E-state index is 12.2. The van der Waals surface area contributed by atoms with Gasteiger partial charge in [0.15, 0.2) is 0 Å². The smallest absolute Gasteiger partial charge is 0.266 e. The predicted octanol–water partition coefficient (Wildman–Crippen LogP) is 4.92. The Kier molecular flexibility index (Phi) is 3.36. The average Bonchev–Trinajstić information content (AvgIpc) is 2.85. The second-order valence-electron chi connectivity index (χ2n) is 4.08. The van der Waals surface area contributed by atoms with E-state index in [1.165, 1.54) is 11.3 Å². The Bertz CT molecular complexity index is 745. The van der Waals surface area contributed by atoms with E-state index in [9.17, 15) is 4.79 Å². The van der Waals surface area contributed by atoms with Gasteiger partial charge in [-0.1, -0.05) is 36.4 Å². The summed E-state index contributed by atoms with van der Waals surface area (Å²) in [4.78, 5) is 12.9. The standard InChI is InChI=1S/C15H10BrNOS/c16-12-8-9-19-14(12)15(18)17-13-7-3-5-10-4-1-2-6-11(10)13/h1-9H,(H,17,18). The van der Waals surface area contributed by atoms with Gasteiger partial charge in [-0.2, -0.15) is 0 Å². The molecule has 0 fully saturated rings. The number of halogens is 1. The number of fused-ring (bicyclic) bond motifs is 1. The van der Waals surface area contributed by atoms with E-state index >= 15 is 0 Å². The maximum absolute atomic E-state index is 12.2. The number of hydrogen-bond acceptors (Lipinski definition) is 2. The van der Waals surface area contributed by atoms with Crippen LogP contribution in [0.1, 0.15) is 9.67 Å². The molecular weight excluding hydrogens is 322 g/mol. The largest absolute Gasteiger partial charge is 0.321 e. The zero-order valence-electron chi connectivity index (χ0n) is 9.89. The van der Waals surface area contributed by atoms with Crippen molar-refractivity contribution in [2.45, 2.75) is 0 Å². The summed E-state index contributed by atoms with van der Waals surface area (Å²) < 4.78 is 0.829. The van der Waals surface area contributed by atoms with Crippen molar-refractivity contribution in [1.29, 1.82) is 0 Å². The molecule has 0 saturated carbocycles. The molecule has 2 nitrogen and oxygen atoms in total. The van der Waals surface area contributed by atoms with Gasteiger partial charge in [0.25, 0.3) is 5.91 Å². The molecule has 0 bridgehead atoms. The van der Waals surface area contributed by atoms with Gasteiger partial charge in [-0.05, 0) is 38.8 Å². The number of benzene rings is 2. The van der Waals surface area contributed by atoms with E-state index in [1.807, 2.05) is 53.9 Å². The highest BCUT2D eigenvalue weighted by molar-refractivity contribution is 9.10. The maximum Gasteiger partial charge on any atom is 0.266 e. The molecule has 0 radical (unpaired) electrons. The minimum absolute atomic E-state index is 0.0850. The summed E-state index contributed by atoms with van der Waals surface area (Å²) in [5.41, 5.74) is 0.836. The lowest BCUT2D eigenvalue weighted by Gasteiger charge is -2.08. The van der Waals surface area contributed by atoms with Gasteiger partial charge in [0, 0.05) is 15.5 Å². The Balaban J connectivity index is 1.98. The third-order valence-corrected chi connectivity index (χ3v) is 4.70. The Hall–Kier alpha value is -1.65. The molecule has 0 aliphatic heterocycles. The van der Waals surface area contributed by atoms with E-state index in [2.05, 4.69) is 21.2 Å². The lowest BCUT2D eigenvalue weighted by Crippen LogP contribution is -2.10. The Morgan fingerprint density at radius 2 is 1.84 bits per heavy atom. The highest BCUT2D eigenvalue weighted by Crippen LogP contribution is 2.27. The molecule has 0 unspecified atom stereocenters. The second kappa shape index (κ2) is 5.15. The molecule has 1 aromatic heterocycles. The van der Waals surface area contributed by atoms with Gasteiger partial charge >= 0.3 is 0 Å². The van der Waals surface area contributed by atoms with Crippen molar-refractivity contribution in [2.75, 3.05) is 5.32 Å².